The number of rotatable bonds is 66. The molecule has 522 valence electrons. The largest absolute Gasteiger partial charge is 0.472 e. The van der Waals surface area contributed by atoms with Crippen LogP contribution in [0.2, 0.25) is 0 Å². The predicted octanol–water partition coefficient (Wildman–Crippen LogP) is 19.3. The summed E-state index contributed by atoms with van der Waals surface area (Å²) < 4.78 is 68.1. The standard InChI is InChI=1S/C69H134O17P2/c1-59(2)45-37-29-21-17-15-13-11-9-10-12-14-16-18-24-35-43-51-68(73)85-64(55-79-66(71)49-41-33-25-19-22-30-38-46-60(3)4)57-83-87(75,76)81-53-63(70)54-82-88(77,78)84-58-65(56-80-67(72)50-42-34-28-27-32-40-48-62(7)8)86-69(74)52-44-36-26-20-23-31-39-47-61(5)6/h59-65,70H,9-58H2,1-8H3,(H,75,76)(H,77,78)/t63?,64-,65-/m1/s1. The minimum absolute atomic E-state index is 0.102. The number of esters is 4. The second-order valence-electron chi connectivity index (χ2n) is 26.8. The summed E-state index contributed by atoms with van der Waals surface area (Å²) in [7, 11) is -9.90. The van der Waals surface area contributed by atoms with Crippen LogP contribution in [-0.2, 0) is 65.4 Å². The molecule has 5 atom stereocenters. The average Bonchev–Trinajstić information content (AvgIpc) is 3.52. The second kappa shape index (κ2) is 58.8. The summed E-state index contributed by atoms with van der Waals surface area (Å²) in [5.74, 6) is 0.753. The number of carbonyl (C=O) groups excluding carboxylic acids is 4. The highest BCUT2D eigenvalue weighted by atomic mass is 31.2. The molecule has 0 radical (unpaired) electrons. The molecule has 0 aromatic carbocycles. The van der Waals surface area contributed by atoms with E-state index in [2.05, 4.69) is 55.4 Å². The summed E-state index contributed by atoms with van der Waals surface area (Å²) >= 11 is 0. The maximum Gasteiger partial charge on any atom is 0.472 e. The second-order valence-corrected chi connectivity index (χ2v) is 29.7. The van der Waals surface area contributed by atoms with Gasteiger partial charge < -0.3 is 33.8 Å². The van der Waals surface area contributed by atoms with E-state index in [1.807, 2.05) is 0 Å². The van der Waals surface area contributed by atoms with E-state index in [1.165, 1.54) is 128 Å². The van der Waals surface area contributed by atoms with Crippen LogP contribution in [0.25, 0.3) is 0 Å². The van der Waals surface area contributed by atoms with E-state index >= 15 is 0 Å². The molecule has 88 heavy (non-hydrogen) atoms. The van der Waals surface area contributed by atoms with Crippen LogP contribution < -0.4 is 0 Å². The van der Waals surface area contributed by atoms with Crippen LogP contribution in [0.1, 0.15) is 338 Å². The van der Waals surface area contributed by atoms with Crippen molar-refractivity contribution in [3.8, 4) is 0 Å². The Morgan fingerprint density at radius 1 is 0.284 bits per heavy atom. The van der Waals surface area contributed by atoms with E-state index < -0.39 is 97.5 Å². The SMILES string of the molecule is CC(C)CCCCCCCCCCCCCCCCCCC(=O)O[C@H](COC(=O)CCCCCCCCCC(C)C)COP(=O)(O)OCC(O)COP(=O)(O)OC[C@@H](COC(=O)CCCCCCCCC(C)C)OC(=O)CCCCCCCCCC(C)C. The van der Waals surface area contributed by atoms with Crippen LogP contribution in [0.5, 0.6) is 0 Å². The van der Waals surface area contributed by atoms with E-state index in [1.54, 1.807) is 0 Å². The van der Waals surface area contributed by atoms with Crippen molar-refractivity contribution in [3.63, 3.8) is 0 Å². The first-order valence-electron chi connectivity index (χ1n) is 35.7. The zero-order valence-electron chi connectivity index (χ0n) is 57.3. The van der Waals surface area contributed by atoms with Crippen LogP contribution in [0.15, 0.2) is 0 Å². The first-order chi connectivity index (χ1) is 42.1. The maximum atomic E-state index is 13.0. The summed E-state index contributed by atoms with van der Waals surface area (Å²) in [6.45, 7) is 14.0. The van der Waals surface area contributed by atoms with Crippen LogP contribution in [0.4, 0.5) is 0 Å². The van der Waals surface area contributed by atoms with Gasteiger partial charge in [-0.3, -0.25) is 37.3 Å². The van der Waals surface area contributed by atoms with Gasteiger partial charge in [-0.25, -0.2) is 9.13 Å². The Morgan fingerprint density at radius 2 is 0.477 bits per heavy atom. The topological polar surface area (TPSA) is 237 Å². The van der Waals surface area contributed by atoms with Crippen molar-refractivity contribution < 1.29 is 80.2 Å². The Balaban J connectivity index is 5.18. The lowest BCUT2D eigenvalue weighted by Crippen LogP contribution is -2.30. The molecule has 17 nitrogen and oxygen atoms in total. The lowest BCUT2D eigenvalue weighted by atomic mass is 10.0. The number of aliphatic hydroxyl groups excluding tert-OH is 1. The lowest BCUT2D eigenvalue weighted by Gasteiger charge is -2.21. The summed E-state index contributed by atoms with van der Waals surface area (Å²) in [5, 5.41) is 10.6. The molecule has 0 heterocycles. The van der Waals surface area contributed by atoms with Crippen LogP contribution in [0.3, 0.4) is 0 Å². The molecule has 0 fully saturated rings. The van der Waals surface area contributed by atoms with E-state index in [0.717, 1.165) is 109 Å². The van der Waals surface area contributed by atoms with Gasteiger partial charge in [-0.05, 0) is 49.4 Å². The van der Waals surface area contributed by atoms with Crippen molar-refractivity contribution in [2.24, 2.45) is 23.7 Å². The van der Waals surface area contributed by atoms with Crippen molar-refractivity contribution >= 4 is 39.5 Å². The third kappa shape index (κ3) is 62.8. The van der Waals surface area contributed by atoms with Gasteiger partial charge in [-0.15, -0.1) is 0 Å². The molecule has 19 heteroatoms. The summed E-state index contributed by atoms with van der Waals surface area (Å²) in [4.78, 5) is 72.4. The van der Waals surface area contributed by atoms with Gasteiger partial charge >= 0.3 is 39.5 Å². The summed E-state index contributed by atoms with van der Waals surface area (Å²) in [6.07, 6.45) is 40.8. The molecule has 0 aliphatic rings. The molecule has 0 saturated carbocycles. The molecule has 0 aromatic heterocycles. The number of unbranched alkanes of at least 4 members (excludes halogenated alkanes) is 32. The molecule has 0 amide bonds. The summed E-state index contributed by atoms with van der Waals surface area (Å²) in [6, 6.07) is 0. The average molecular weight is 1300 g/mol. The van der Waals surface area contributed by atoms with Crippen LogP contribution in [-0.4, -0.2) is 96.7 Å². The molecule has 0 aromatic rings. The normalized spacial score (nSPS) is 14.3. The first-order valence-corrected chi connectivity index (χ1v) is 38.7. The minimum Gasteiger partial charge on any atom is -0.462 e. The monoisotopic (exact) mass is 1300 g/mol. The number of carbonyl (C=O) groups is 4. The van der Waals surface area contributed by atoms with Gasteiger partial charge in [-0.1, -0.05) is 287 Å². The lowest BCUT2D eigenvalue weighted by molar-refractivity contribution is -0.161. The van der Waals surface area contributed by atoms with Gasteiger partial charge in [-0.2, -0.15) is 0 Å². The Hall–Kier alpha value is -1.94. The quantitative estimate of drug-likeness (QED) is 0.0222. The molecule has 0 rings (SSSR count). The zero-order valence-corrected chi connectivity index (χ0v) is 59.1. The first kappa shape index (κ1) is 86.1. The van der Waals surface area contributed by atoms with Crippen molar-refractivity contribution in [2.45, 2.75) is 356 Å². The zero-order chi connectivity index (χ0) is 65.4. The number of ether oxygens (including phenoxy) is 4. The van der Waals surface area contributed by atoms with Crippen molar-refractivity contribution in [2.75, 3.05) is 39.6 Å². The van der Waals surface area contributed by atoms with Crippen molar-refractivity contribution in [1.82, 2.24) is 0 Å². The molecule has 3 N–H and O–H groups in total. The van der Waals surface area contributed by atoms with Gasteiger partial charge in [0.05, 0.1) is 26.4 Å². The highest BCUT2D eigenvalue weighted by Crippen LogP contribution is 2.45. The number of phosphoric acid groups is 2. The van der Waals surface area contributed by atoms with E-state index in [4.69, 9.17) is 37.0 Å². The molecular weight excluding hydrogens is 1160 g/mol. The fourth-order valence-electron chi connectivity index (χ4n) is 10.3. The Morgan fingerprint density at radius 3 is 0.705 bits per heavy atom. The van der Waals surface area contributed by atoms with Crippen molar-refractivity contribution in [1.29, 1.82) is 0 Å². The molecule has 0 spiro atoms. The third-order valence-electron chi connectivity index (χ3n) is 15.8. The van der Waals surface area contributed by atoms with E-state index in [0.29, 0.717) is 43.4 Å². The van der Waals surface area contributed by atoms with Gasteiger partial charge in [0.1, 0.15) is 19.3 Å². The number of hydrogen-bond acceptors (Lipinski definition) is 15. The van der Waals surface area contributed by atoms with Crippen LogP contribution in [0, 0.1) is 23.7 Å². The smallest absolute Gasteiger partial charge is 0.462 e. The number of phosphoric ester groups is 2. The Bertz CT molecular complexity index is 1750. The van der Waals surface area contributed by atoms with E-state index in [-0.39, 0.29) is 25.7 Å². The molecule has 0 bridgehead atoms. The van der Waals surface area contributed by atoms with Crippen LogP contribution >= 0.6 is 15.6 Å². The Labute approximate surface area is 537 Å². The Kier molecular flexibility index (Phi) is 57.6. The van der Waals surface area contributed by atoms with E-state index in [9.17, 15) is 43.2 Å². The highest BCUT2D eigenvalue weighted by Gasteiger charge is 2.30. The highest BCUT2D eigenvalue weighted by molar-refractivity contribution is 7.47. The van der Waals surface area contributed by atoms with Gasteiger partial charge in [0.25, 0.3) is 0 Å². The van der Waals surface area contributed by atoms with Gasteiger partial charge in [0, 0.05) is 25.7 Å². The minimum atomic E-state index is -4.95. The van der Waals surface area contributed by atoms with Gasteiger partial charge in [0.15, 0.2) is 12.2 Å². The fourth-order valence-corrected chi connectivity index (χ4v) is 11.9. The van der Waals surface area contributed by atoms with Crippen molar-refractivity contribution in [3.05, 3.63) is 0 Å². The maximum absolute atomic E-state index is 13.0. The van der Waals surface area contributed by atoms with Gasteiger partial charge in [0.2, 0.25) is 0 Å². The molecule has 3 unspecified atom stereocenters. The predicted molar refractivity (Wildman–Crippen MR) is 354 cm³/mol. The molecule has 0 aliphatic heterocycles. The molecule has 0 aliphatic carbocycles. The fraction of sp³-hybridized carbons (Fsp3) is 0.942. The number of aliphatic hydroxyl groups is 1. The summed E-state index contributed by atoms with van der Waals surface area (Å²) in [5.41, 5.74) is 0. The molecular formula is C69H134O17P2. The number of hydrogen-bond donors (Lipinski definition) is 3. The third-order valence-corrected chi connectivity index (χ3v) is 17.7. The molecule has 0 saturated heterocycles.